The molecule has 0 aromatic heterocycles. The fourth-order valence-corrected chi connectivity index (χ4v) is 2.64. The molecule has 2 atom stereocenters. The van der Waals surface area contributed by atoms with E-state index in [2.05, 4.69) is 10.0 Å². The Kier molecular flexibility index (Phi) is 4.31. The first-order valence-corrected chi connectivity index (χ1v) is 6.31. The minimum Gasteiger partial charge on any atom is -0.383 e. The molecule has 1 rings (SSSR count). The van der Waals surface area contributed by atoms with Crippen LogP contribution in [0.5, 0.6) is 0 Å². The Labute approximate surface area is 85.3 Å². The van der Waals surface area contributed by atoms with Gasteiger partial charge in [0, 0.05) is 19.7 Å². The van der Waals surface area contributed by atoms with E-state index in [1.54, 1.807) is 6.92 Å². The van der Waals surface area contributed by atoms with Crippen molar-refractivity contribution in [2.45, 2.75) is 24.6 Å². The molecule has 1 saturated heterocycles. The molecule has 2 N–H and O–H groups in total. The van der Waals surface area contributed by atoms with Gasteiger partial charge in [-0.3, -0.25) is 0 Å². The lowest BCUT2D eigenvalue weighted by Gasteiger charge is -2.16. The van der Waals surface area contributed by atoms with Gasteiger partial charge in [0.2, 0.25) is 10.0 Å². The van der Waals surface area contributed by atoms with Crippen molar-refractivity contribution in [3.8, 4) is 0 Å². The Balaban J connectivity index is 2.47. The van der Waals surface area contributed by atoms with Crippen molar-refractivity contribution in [3.63, 3.8) is 0 Å². The van der Waals surface area contributed by atoms with Gasteiger partial charge in [0.1, 0.15) is 0 Å². The van der Waals surface area contributed by atoms with Crippen LogP contribution < -0.4 is 10.0 Å². The highest BCUT2D eigenvalue weighted by Gasteiger charge is 2.25. The molecule has 0 aliphatic carbocycles. The van der Waals surface area contributed by atoms with Crippen LogP contribution in [0.1, 0.15) is 13.3 Å². The maximum atomic E-state index is 11.7. The van der Waals surface area contributed by atoms with E-state index in [0.717, 1.165) is 19.5 Å². The molecule has 0 amide bonds. The van der Waals surface area contributed by atoms with Gasteiger partial charge in [0.15, 0.2) is 0 Å². The Bertz CT molecular complexity index is 260. The normalized spacial score (nSPS) is 25.1. The molecule has 0 radical (unpaired) electrons. The minimum atomic E-state index is -3.22. The average molecular weight is 222 g/mol. The van der Waals surface area contributed by atoms with Gasteiger partial charge in [0.25, 0.3) is 0 Å². The van der Waals surface area contributed by atoms with Gasteiger partial charge in [-0.15, -0.1) is 0 Å². The van der Waals surface area contributed by atoms with E-state index in [9.17, 15) is 8.42 Å². The Morgan fingerprint density at radius 1 is 1.64 bits per heavy atom. The van der Waals surface area contributed by atoms with Gasteiger partial charge in [-0.05, 0) is 19.9 Å². The highest BCUT2D eigenvalue weighted by Crippen LogP contribution is 2.04. The Morgan fingerprint density at radius 3 is 2.86 bits per heavy atom. The molecule has 14 heavy (non-hydrogen) atoms. The number of rotatable bonds is 5. The van der Waals surface area contributed by atoms with E-state index in [4.69, 9.17) is 4.74 Å². The molecule has 0 aromatic rings. The second-order valence-corrected chi connectivity index (χ2v) is 5.75. The van der Waals surface area contributed by atoms with Crippen LogP contribution in [0.25, 0.3) is 0 Å². The average Bonchev–Trinajstić information content (AvgIpc) is 2.56. The number of nitrogens with one attached hydrogen (secondary N) is 2. The van der Waals surface area contributed by atoms with Gasteiger partial charge >= 0.3 is 0 Å². The molecular formula is C8H18N2O3S. The SMILES string of the molecule is COCC(C)S(=O)(=O)NC1CCNC1. The summed E-state index contributed by atoms with van der Waals surface area (Å²) in [4.78, 5) is 0. The molecule has 6 heteroatoms. The third-order valence-electron chi connectivity index (χ3n) is 2.32. The van der Waals surface area contributed by atoms with E-state index < -0.39 is 15.3 Å². The molecule has 1 aliphatic rings. The van der Waals surface area contributed by atoms with Gasteiger partial charge < -0.3 is 10.1 Å². The summed E-state index contributed by atoms with van der Waals surface area (Å²) in [6, 6.07) is 0.0410. The number of hydrogen-bond acceptors (Lipinski definition) is 4. The molecule has 84 valence electrons. The molecule has 0 spiro atoms. The summed E-state index contributed by atoms with van der Waals surface area (Å²) in [5, 5.41) is 2.62. The van der Waals surface area contributed by atoms with Crippen LogP contribution in [0, 0.1) is 0 Å². The zero-order valence-electron chi connectivity index (χ0n) is 8.62. The smallest absolute Gasteiger partial charge is 0.216 e. The number of hydrogen-bond donors (Lipinski definition) is 2. The van der Waals surface area contributed by atoms with Crippen molar-refractivity contribution in [1.82, 2.24) is 10.0 Å². The zero-order valence-corrected chi connectivity index (χ0v) is 9.43. The molecule has 1 fully saturated rings. The van der Waals surface area contributed by atoms with Crippen LogP contribution in [0.15, 0.2) is 0 Å². The van der Waals surface area contributed by atoms with Gasteiger partial charge in [0.05, 0.1) is 11.9 Å². The highest BCUT2D eigenvalue weighted by molar-refractivity contribution is 7.90. The lowest BCUT2D eigenvalue weighted by Crippen LogP contribution is -2.42. The third-order valence-corrected chi connectivity index (χ3v) is 4.18. The largest absolute Gasteiger partial charge is 0.383 e. The van der Waals surface area contributed by atoms with Crippen molar-refractivity contribution in [1.29, 1.82) is 0 Å². The van der Waals surface area contributed by atoms with Crippen molar-refractivity contribution in [2.24, 2.45) is 0 Å². The Hall–Kier alpha value is -0.170. The lowest BCUT2D eigenvalue weighted by molar-refractivity contribution is 0.200. The fraction of sp³-hybridized carbons (Fsp3) is 1.00. The first kappa shape index (κ1) is 11.9. The highest BCUT2D eigenvalue weighted by atomic mass is 32.2. The monoisotopic (exact) mass is 222 g/mol. The first-order valence-electron chi connectivity index (χ1n) is 4.77. The lowest BCUT2D eigenvalue weighted by atomic mass is 10.3. The second kappa shape index (κ2) is 5.06. The van der Waals surface area contributed by atoms with E-state index in [1.807, 2.05) is 0 Å². The zero-order chi connectivity index (χ0) is 10.6. The van der Waals surface area contributed by atoms with Gasteiger partial charge in [-0.2, -0.15) is 0 Å². The molecule has 0 bridgehead atoms. The van der Waals surface area contributed by atoms with Crippen LogP contribution in [-0.4, -0.2) is 46.5 Å². The summed E-state index contributed by atoms with van der Waals surface area (Å²) in [5.41, 5.74) is 0. The maximum Gasteiger partial charge on any atom is 0.216 e. The van der Waals surface area contributed by atoms with Crippen LogP contribution in [-0.2, 0) is 14.8 Å². The van der Waals surface area contributed by atoms with Crippen LogP contribution >= 0.6 is 0 Å². The summed E-state index contributed by atoms with van der Waals surface area (Å²) < 4.78 is 30.8. The van der Waals surface area contributed by atoms with E-state index in [0.29, 0.717) is 0 Å². The topological polar surface area (TPSA) is 67.4 Å². The summed E-state index contributed by atoms with van der Waals surface area (Å²) in [7, 11) is -1.72. The van der Waals surface area contributed by atoms with Crippen molar-refractivity contribution in [3.05, 3.63) is 0 Å². The molecule has 5 nitrogen and oxygen atoms in total. The third kappa shape index (κ3) is 3.20. The summed E-state index contributed by atoms with van der Waals surface area (Å²) >= 11 is 0. The van der Waals surface area contributed by atoms with Gasteiger partial charge in [-0.25, -0.2) is 13.1 Å². The molecule has 2 unspecified atom stereocenters. The van der Waals surface area contributed by atoms with Crippen LogP contribution in [0.4, 0.5) is 0 Å². The standard InChI is InChI=1S/C8H18N2O3S/c1-7(6-13-2)14(11,12)10-8-3-4-9-5-8/h7-10H,3-6H2,1-2H3. The van der Waals surface area contributed by atoms with Crippen molar-refractivity contribution >= 4 is 10.0 Å². The second-order valence-electron chi connectivity index (χ2n) is 3.62. The molecule has 0 saturated carbocycles. The van der Waals surface area contributed by atoms with Crippen LogP contribution in [0.2, 0.25) is 0 Å². The van der Waals surface area contributed by atoms with E-state index >= 15 is 0 Å². The first-order chi connectivity index (χ1) is 6.56. The molecular weight excluding hydrogens is 204 g/mol. The van der Waals surface area contributed by atoms with Gasteiger partial charge in [-0.1, -0.05) is 0 Å². The summed E-state index contributed by atoms with van der Waals surface area (Å²) in [6.45, 7) is 3.48. The number of methoxy groups -OCH3 is 1. The van der Waals surface area contributed by atoms with E-state index in [1.165, 1.54) is 7.11 Å². The molecule has 1 aliphatic heterocycles. The molecule has 0 aromatic carbocycles. The Morgan fingerprint density at radius 2 is 2.36 bits per heavy atom. The van der Waals surface area contributed by atoms with Crippen molar-refractivity contribution in [2.75, 3.05) is 26.8 Å². The molecule has 1 heterocycles. The summed E-state index contributed by atoms with van der Waals surface area (Å²) in [6.07, 6.45) is 0.860. The number of sulfonamides is 1. The maximum absolute atomic E-state index is 11.7. The quantitative estimate of drug-likeness (QED) is 0.645. The minimum absolute atomic E-state index is 0.0410. The number of ether oxygens (including phenoxy) is 1. The van der Waals surface area contributed by atoms with E-state index in [-0.39, 0.29) is 12.6 Å². The van der Waals surface area contributed by atoms with Crippen LogP contribution in [0.3, 0.4) is 0 Å². The predicted octanol–water partition coefficient (Wildman–Crippen LogP) is -0.697. The predicted molar refractivity (Wildman–Crippen MR) is 54.7 cm³/mol. The summed E-state index contributed by atoms with van der Waals surface area (Å²) in [5.74, 6) is 0. The van der Waals surface area contributed by atoms with Crippen molar-refractivity contribution < 1.29 is 13.2 Å². The fourth-order valence-electron chi connectivity index (χ4n) is 1.43.